The van der Waals surface area contributed by atoms with Crippen LogP contribution in [0.4, 0.5) is 0 Å². The molecule has 2 rings (SSSR count). The average Bonchev–Trinajstić information content (AvgIpc) is 2.28. The molecule has 1 atom stereocenters. The number of carbonyl (C=O) groups excluding carboxylic acids is 2. The molecule has 5 nitrogen and oxygen atoms in total. The highest BCUT2D eigenvalue weighted by Gasteiger charge is 2.28. The van der Waals surface area contributed by atoms with E-state index < -0.39 is 0 Å². The first-order chi connectivity index (χ1) is 8.60. The number of piperazine rings is 1. The molecule has 0 aliphatic carbocycles. The Bertz CT molecular complexity index is 457. The largest absolute Gasteiger partial charge is 0.329 e. The maximum atomic E-state index is 11.4. The van der Waals surface area contributed by atoms with Crippen LogP contribution in [0.1, 0.15) is 17.2 Å². The van der Waals surface area contributed by atoms with Gasteiger partial charge in [0.05, 0.1) is 13.1 Å². The fourth-order valence-electron chi connectivity index (χ4n) is 2.25. The SMILES string of the molecule is Cc1cccc(C(CN)N2CC(=O)NC(=O)C2)c1. The second-order valence-electron chi connectivity index (χ2n) is 4.54. The van der Waals surface area contributed by atoms with Gasteiger partial charge in [-0.15, -0.1) is 0 Å². The molecule has 1 saturated heterocycles. The maximum absolute atomic E-state index is 11.4. The van der Waals surface area contributed by atoms with Crippen molar-refractivity contribution in [1.29, 1.82) is 0 Å². The molecular weight excluding hydrogens is 230 g/mol. The van der Waals surface area contributed by atoms with E-state index in [-0.39, 0.29) is 30.9 Å². The zero-order chi connectivity index (χ0) is 13.1. The predicted molar refractivity (Wildman–Crippen MR) is 67.7 cm³/mol. The van der Waals surface area contributed by atoms with Crippen LogP contribution in [-0.4, -0.2) is 36.3 Å². The molecule has 0 spiro atoms. The lowest BCUT2D eigenvalue weighted by atomic mass is 10.0. The minimum atomic E-state index is -0.266. The standard InChI is InChI=1S/C13H17N3O2/c1-9-3-2-4-10(5-9)11(6-14)16-7-12(17)15-13(18)8-16/h2-5,11H,6-8,14H2,1H3,(H,15,17,18). The highest BCUT2D eigenvalue weighted by atomic mass is 16.2. The summed E-state index contributed by atoms with van der Waals surface area (Å²) in [5, 5.41) is 2.29. The molecule has 0 bridgehead atoms. The Morgan fingerprint density at radius 1 is 1.33 bits per heavy atom. The smallest absolute Gasteiger partial charge is 0.240 e. The van der Waals surface area contributed by atoms with Gasteiger partial charge in [0.25, 0.3) is 0 Å². The third-order valence-electron chi connectivity index (χ3n) is 3.06. The second kappa shape index (κ2) is 5.29. The summed E-state index contributed by atoms with van der Waals surface area (Å²) in [7, 11) is 0. The molecule has 3 N–H and O–H groups in total. The van der Waals surface area contributed by atoms with Crippen LogP contribution >= 0.6 is 0 Å². The van der Waals surface area contributed by atoms with Crippen molar-refractivity contribution in [2.45, 2.75) is 13.0 Å². The molecule has 5 heteroatoms. The number of benzene rings is 1. The van der Waals surface area contributed by atoms with Crippen LogP contribution < -0.4 is 11.1 Å². The minimum Gasteiger partial charge on any atom is -0.329 e. The zero-order valence-electron chi connectivity index (χ0n) is 10.3. The number of aryl methyl sites for hydroxylation is 1. The van der Waals surface area contributed by atoms with Gasteiger partial charge in [0.1, 0.15) is 0 Å². The van der Waals surface area contributed by atoms with Crippen molar-refractivity contribution in [3.8, 4) is 0 Å². The van der Waals surface area contributed by atoms with E-state index in [1.165, 1.54) is 0 Å². The average molecular weight is 247 g/mol. The zero-order valence-corrected chi connectivity index (χ0v) is 10.3. The van der Waals surface area contributed by atoms with Crippen molar-refractivity contribution in [3.63, 3.8) is 0 Å². The Labute approximate surface area is 106 Å². The lowest BCUT2D eigenvalue weighted by molar-refractivity contribution is -0.137. The lowest BCUT2D eigenvalue weighted by Gasteiger charge is -2.32. The molecule has 2 amide bonds. The fraction of sp³-hybridized carbons (Fsp3) is 0.385. The van der Waals surface area contributed by atoms with Crippen LogP contribution in [0.3, 0.4) is 0 Å². The summed E-state index contributed by atoms with van der Waals surface area (Å²) in [4.78, 5) is 24.6. The first kappa shape index (κ1) is 12.7. The summed E-state index contributed by atoms with van der Waals surface area (Å²) in [5.74, 6) is -0.533. The highest BCUT2D eigenvalue weighted by molar-refractivity contribution is 5.99. The van der Waals surface area contributed by atoms with E-state index in [1.54, 1.807) is 0 Å². The van der Waals surface area contributed by atoms with Crippen LogP contribution in [0.5, 0.6) is 0 Å². The topological polar surface area (TPSA) is 75.4 Å². The quantitative estimate of drug-likeness (QED) is 0.735. The molecule has 1 unspecified atom stereocenters. The van der Waals surface area contributed by atoms with Crippen LogP contribution in [0, 0.1) is 6.92 Å². The monoisotopic (exact) mass is 247 g/mol. The van der Waals surface area contributed by atoms with Gasteiger partial charge in [0.2, 0.25) is 11.8 Å². The van der Waals surface area contributed by atoms with Crippen LogP contribution in [0.2, 0.25) is 0 Å². The van der Waals surface area contributed by atoms with Crippen molar-refractivity contribution in [2.24, 2.45) is 5.73 Å². The van der Waals surface area contributed by atoms with Gasteiger partial charge in [-0.05, 0) is 12.5 Å². The molecule has 1 heterocycles. The number of imide groups is 1. The number of rotatable bonds is 3. The van der Waals surface area contributed by atoms with Gasteiger partial charge in [-0.3, -0.25) is 19.8 Å². The van der Waals surface area contributed by atoms with E-state index >= 15 is 0 Å². The molecule has 0 radical (unpaired) electrons. The van der Waals surface area contributed by atoms with Crippen molar-refractivity contribution < 1.29 is 9.59 Å². The molecular formula is C13H17N3O2. The van der Waals surface area contributed by atoms with Crippen LogP contribution in [-0.2, 0) is 9.59 Å². The maximum Gasteiger partial charge on any atom is 0.240 e. The van der Waals surface area contributed by atoms with Crippen molar-refractivity contribution in [1.82, 2.24) is 10.2 Å². The van der Waals surface area contributed by atoms with Gasteiger partial charge >= 0.3 is 0 Å². The predicted octanol–water partition coefficient (Wildman–Crippen LogP) is -0.0468. The van der Waals surface area contributed by atoms with Gasteiger partial charge < -0.3 is 5.73 Å². The summed E-state index contributed by atoms with van der Waals surface area (Å²) in [6, 6.07) is 7.88. The van der Waals surface area contributed by atoms with E-state index in [4.69, 9.17) is 5.73 Å². The van der Waals surface area contributed by atoms with Gasteiger partial charge in [0.15, 0.2) is 0 Å². The minimum absolute atomic E-state index is 0.0973. The van der Waals surface area contributed by atoms with Crippen LogP contribution in [0.15, 0.2) is 24.3 Å². The summed E-state index contributed by atoms with van der Waals surface area (Å²) in [5.41, 5.74) is 7.97. The first-order valence-corrected chi connectivity index (χ1v) is 5.93. The molecule has 1 aromatic carbocycles. The molecule has 96 valence electrons. The van der Waals surface area contributed by atoms with Crippen LogP contribution in [0.25, 0.3) is 0 Å². The molecule has 1 fully saturated rings. The van der Waals surface area contributed by atoms with Gasteiger partial charge in [-0.2, -0.15) is 0 Å². The second-order valence-corrected chi connectivity index (χ2v) is 4.54. The third kappa shape index (κ3) is 2.75. The van der Waals surface area contributed by atoms with E-state index in [0.29, 0.717) is 6.54 Å². The molecule has 1 aliphatic rings. The normalized spacial score (nSPS) is 18.6. The molecule has 0 aromatic heterocycles. The lowest BCUT2D eigenvalue weighted by Crippen LogP contribution is -2.53. The summed E-state index contributed by atoms with van der Waals surface area (Å²) < 4.78 is 0. The Morgan fingerprint density at radius 3 is 2.56 bits per heavy atom. The Morgan fingerprint density at radius 2 is 2.00 bits per heavy atom. The van der Waals surface area contributed by atoms with E-state index in [9.17, 15) is 9.59 Å². The number of nitrogens with zero attached hydrogens (tertiary/aromatic N) is 1. The number of hydrogen-bond donors (Lipinski definition) is 2. The Balaban J connectivity index is 2.22. The van der Waals surface area contributed by atoms with Crippen molar-refractivity contribution in [2.75, 3.05) is 19.6 Å². The summed E-state index contributed by atoms with van der Waals surface area (Å²) >= 11 is 0. The molecule has 1 aliphatic heterocycles. The molecule has 0 saturated carbocycles. The number of nitrogens with two attached hydrogens (primary N) is 1. The van der Waals surface area contributed by atoms with E-state index in [0.717, 1.165) is 11.1 Å². The molecule has 1 aromatic rings. The first-order valence-electron chi connectivity index (χ1n) is 5.93. The van der Waals surface area contributed by atoms with Crippen molar-refractivity contribution >= 4 is 11.8 Å². The summed E-state index contributed by atoms with van der Waals surface area (Å²) in [6.07, 6.45) is 0. The van der Waals surface area contributed by atoms with Gasteiger partial charge in [0, 0.05) is 12.6 Å². The van der Waals surface area contributed by atoms with E-state index in [1.807, 2.05) is 36.1 Å². The third-order valence-corrected chi connectivity index (χ3v) is 3.06. The number of amides is 2. The Hall–Kier alpha value is -1.72. The van der Waals surface area contributed by atoms with Crippen molar-refractivity contribution in [3.05, 3.63) is 35.4 Å². The highest BCUT2D eigenvalue weighted by Crippen LogP contribution is 2.21. The fourth-order valence-corrected chi connectivity index (χ4v) is 2.25. The molecule has 18 heavy (non-hydrogen) atoms. The number of hydrogen-bond acceptors (Lipinski definition) is 4. The summed E-state index contributed by atoms with van der Waals surface area (Å²) in [6.45, 7) is 2.80. The van der Waals surface area contributed by atoms with E-state index in [2.05, 4.69) is 5.32 Å². The van der Waals surface area contributed by atoms with Gasteiger partial charge in [-0.1, -0.05) is 29.8 Å². The number of carbonyl (C=O) groups is 2. The Kier molecular flexibility index (Phi) is 3.74. The number of nitrogens with one attached hydrogen (secondary N) is 1. The van der Waals surface area contributed by atoms with Gasteiger partial charge in [-0.25, -0.2) is 0 Å².